The van der Waals surface area contributed by atoms with E-state index in [1.165, 1.54) is 0 Å². The quantitative estimate of drug-likeness (QED) is 0.258. The lowest BCUT2D eigenvalue weighted by Crippen LogP contribution is -2.64. The predicted octanol–water partition coefficient (Wildman–Crippen LogP) is 3.23. The fraction of sp³-hybridized carbons (Fsp3) is 0.486. The minimum Gasteiger partial charge on any atom is -0.463 e. The fourth-order valence-electron chi connectivity index (χ4n) is 5.76. The summed E-state index contributed by atoms with van der Waals surface area (Å²) < 4.78 is 47.6. The van der Waals surface area contributed by atoms with Crippen molar-refractivity contribution >= 4 is 35.9 Å². The minimum atomic E-state index is -2.28. The maximum atomic E-state index is 15.8. The molecule has 0 spiro atoms. The third kappa shape index (κ3) is 9.77. The summed E-state index contributed by atoms with van der Waals surface area (Å²) >= 11 is 0. The van der Waals surface area contributed by atoms with Crippen molar-refractivity contribution in [2.75, 3.05) is 13.2 Å². The van der Waals surface area contributed by atoms with E-state index in [9.17, 15) is 28.8 Å². The topological polar surface area (TPSA) is 182 Å². The zero-order valence-electron chi connectivity index (χ0n) is 28.6. The molecule has 1 saturated heterocycles. The second-order valence-electron chi connectivity index (χ2n) is 12.8. The molecule has 270 valence electrons. The molecule has 50 heavy (non-hydrogen) atoms. The van der Waals surface area contributed by atoms with Gasteiger partial charge in [-0.25, -0.2) is 14.0 Å². The van der Waals surface area contributed by atoms with Crippen molar-refractivity contribution in [1.82, 2.24) is 10.6 Å². The molecule has 0 unspecified atom stereocenters. The molecule has 0 radical (unpaired) electrons. The zero-order chi connectivity index (χ0) is 36.7. The molecule has 1 fully saturated rings. The van der Waals surface area contributed by atoms with Crippen LogP contribution in [0.15, 0.2) is 48.5 Å². The SMILES string of the molecule is CC(=O)OC[C@H]1O[C@@H](NC(=O)C[C@H](NC(=O)OCC2c3ccccc3-c3ccccc32)C(=O)OC(C)(C)C)[C@H](F)[C@@H](OC(C)=O)[C@@H]1OC(C)=O. The van der Waals surface area contributed by atoms with E-state index >= 15 is 4.39 Å². The molecule has 2 aliphatic rings. The van der Waals surface area contributed by atoms with Crippen LogP contribution in [-0.2, 0) is 52.4 Å². The Balaban J connectivity index is 1.48. The van der Waals surface area contributed by atoms with Crippen LogP contribution in [0.2, 0.25) is 0 Å². The number of amides is 2. The van der Waals surface area contributed by atoms with E-state index in [0.717, 1.165) is 43.0 Å². The van der Waals surface area contributed by atoms with Gasteiger partial charge in [-0.2, -0.15) is 0 Å². The number of nitrogens with one attached hydrogen (secondary N) is 2. The number of carbonyl (C=O) groups excluding carboxylic acids is 6. The van der Waals surface area contributed by atoms with Gasteiger partial charge >= 0.3 is 30.0 Å². The van der Waals surface area contributed by atoms with Crippen molar-refractivity contribution in [2.24, 2.45) is 0 Å². The number of ether oxygens (including phenoxy) is 6. The monoisotopic (exact) mass is 700 g/mol. The molecule has 2 aromatic carbocycles. The van der Waals surface area contributed by atoms with E-state index in [4.69, 9.17) is 28.4 Å². The van der Waals surface area contributed by atoms with Gasteiger partial charge in [0, 0.05) is 26.7 Å². The average molecular weight is 701 g/mol. The Morgan fingerprint density at radius 2 is 1.36 bits per heavy atom. The van der Waals surface area contributed by atoms with Crippen LogP contribution in [0.3, 0.4) is 0 Å². The van der Waals surface area contributed by atoms with Gasteiger partial charge in [0.25, 0.3) is 0 Å². The maximum absolute atomic E-state index is 15.8. The summed E-state index contributed by atoms with van der Waals surface area (Å²) in [7, 11) is 0. The Kier molecular flexibility index (Phi) is 12.2. The first-order valence-corrected chi connectivity index (χ1v) is 15.9. The number of hydrogen-bond acceptors (Lipinski definition) is 12. The van der Waals surface area contributed by atoms with Crippen LogP contribution < -0.4 is 10.6 Å². The van der Waals surface area contributed by atoms with E-state index in [1.807, 2.05) is 48.5 Å². The van der Waals surface area contributed by atoms with Crippen LogP contribution in [0.5, 0.6) is 0 Å². The molecule has 2 amide bonds. The summed E-state index contributed by atoms with van der Waals surface area (Å²) in [5.74, 6) is -4.75. The predicted molar refractivity (Wildman–Crippen MR) is 172 cm³/mol. The van der Waals surface area contributed by atoms with Crippen LogP contribution >= 0.6 is 0 Å². The standard InChI is InChI=1S/C35H41FN2O12/c1-18(39)45-17-27-30(47-19(2)40)31(48-20(3)41)29(36)32(49-27)38-28(42)15-26(33(43)50-35(4,5)6)37-34(44)46-16-25-23-13-9-7-11-21(23)22-12-8-10-14-24(22)25/h7-14,25-27,29-32H,15-17H2,1-6H3,(H,37,44)(H,38,42)/t26-,27+,29+,30+,31+,32+/m0/s1. The molecule has 0 bridgehead atoms. The minimum absolute atomic E-state index is 0.0721. The number of hydrogen-bond donors (Lipinski definition) is 2. The van der Waals surface area contributed by atoms with E-state index in [0.29, 0.717) is 0 Å². The van der Waals surface area contributed by atoms with Gasteiger partial charge in [0.1, 0.15) is 31.0 Å². The van der Waals surface area contributed by atoms with Crippen LogP contribution in [0.1, 0.15) is 65.0 Å². The van der Waals surface area contributed by atoms with Gasteiger partial charge in [-0.3, -0.25) is 19.2 Å². The third-order valence-electron chi connectivity index (χ3n) is 7.69. The molecule has 1 aliphatic carbocycles. The smallest absolute Gasteiger partial charge is 0.407 e. The lowest BCUT2D eigenvalue weighted by atomic mass is 9.98. The van der Waals surface area contributed by atoms with E-state index in [1.54, 1.807) is 20.8 Å². The van der Waals surface area contributed by atoms with Gasteiger partial charge in [0.05, 0.1) is 6.42 Å². The summed E-state index contributed by atoms with van der Waals surface area (Å²) in [6, 6.07) is 13.9. The fourth-order valence-corrected chi connectivity index (χ4v) is 5.76. The summed E-state index contributed by atoms with van der Waals surface area (Å²) in [6.07, 6.45) is -10.5. The number of fused-ring (bicyclic) bond motifs is 3. The van der Waals surface area contributed by atoms with E-state index in [-0.39, 0.29) is 12.5 Å². The van der Waals surface area contributed by atoms with Crippen LogP contribution in [0.25, 0.3) is 11.1 Å². The van der Waals surface area contributed by atoms with Crippen LogP contribution in [-0.4, -0.2) is 91.4 Å². The number of carbonyl (C=O) groups is 6. The Morgan fingerprint density at radius 1 is 0.800 bits per heavy atom. The molecule has 6 atom stereocenters. The molecular formula is C35H41FN2O12. The Bertz CT molecular complexity index is 1560. The normalized spacial score (nSPS) is 21.8. The second kappa shape index (κ2) is 16.1. The van der Waals surface area contributed by atoms with Crippen molar-refractivity contribution in [3.63, 3.8) is 0 Å². The molecule has 15 heteroatoms. The zero-order valence-corrected chi connectivity index (χ0v) is 28.6. The Labute approximate surface area is 288 Å². The van der Waals surface area contributed by atoms with Crippen molar-refractivity contribution in [3.8, 4) is 11.1 Å². The van der Waals surface area contributed by atoms with Gasteiger partial charge in [-0.15, -0.1) is 0 Å². The number of rotatable bonds is 11. The maximum Gasteiger partial charge on any atom is 0.407 e. The van der Waals surface area contributed by atoms with Gasteiger partial charge in [-0.1, -0.05) is 48.5 Å². The molecule has 2 N–H and O–H groups in total. The largest absolute Gasteiger partial charge is 0.463 e. The number of halogens is 1. The summed E-state index contributed by atoms with van der Waals surface area (Å²) in [5, 5.41) is 4.66. The highest BCUT2D eigenvalue weighted by Gasteiger charge is 2.51. The molecule has 1 aliphatic heterocycles. The first-order chi connectivity index (χ1) is 23.5. The lowest BCUT2D eigenvalue weighted by Gasteiger charge is -2.42. The van der Waals surface area contributed by atoms with Crippen molar-refractivity contribution in [1.29, 1.82) is 0 Å². The molecule has 14 nitrogen and oxygen atoms in total. The third-order valence-corrected chi connectivity index (χ3v) is 7.69. The van der Waals surface area contributed by atoms with Gasteiger partial charge < -0.3 is 39.1 Å². The van der Waals surface area contributed by atoms with Crippen molar-refractivity contribution < 1.29 is 61.6 Å². The molecule has 2 aromatic rings. The molecule has 4 rings (SSSR count). The number of alkyl halides is 1. The number of alkyl carbamates (subject to hydrolysis) is 1. The molecule has 0 saturated carbocycles. The highest BCUT2D eigenvalue weighted by Crippen LogP contribution is 2.44. The summed E-state index contributed by atoms with van der Waals surface area (Å²) in [5.41, 5.74) is 2.96. The number of benzene rings is 2. The first kappa shape index (κ1) is 37.8. The van der Waals surface area contributed by atoms with Crippen LogP contribution in [0, 0.1) is 0 Å². The summed E-state index contributed by atoms with van der Waals surface area (Å²) in [6.45, 7) is 7.30. The average Bonchev–Trinajstić information content (AvgIpc) is 3.34. The Morgan fingerprint density at radius 3 is 1.90 bits per heavy atom. The molecule has 0 aromatic heterocycles. The van der Waals surface area contributed by atoms with E-state index < -0.39 is 91.3 Å². The van der Waals surface area contributed by atoms with Gasteiger partial charge in [0.15, 0.2) is 24.6 Å². The summed E-state index contributed by atoms with van der Waals surface area (Å²) in [4.78, 5) is 74.7. The highest BCUT2D eigenvalue weighted by atomic mass is 19.1. The van der Waals surface area contributed by atoms with Crippen molar-refractivity contribution in [3.05, 3.63) is 59.7 Å². The number of esters is 4. The van der Waals surface area contributed by atoms with Gasteiger partial charge in [-0.05, 0) is 43.0 Å². The van der Waals surface area contributed by atoms with Gasteiger partial charge in [0.2, 0.25) is 5.91 Å². The highest BCUT2D eigenvalue weighted by molar-refractivity contribution is 5.88. The van der Waals surface area contributed by atoms with E-state index in [2.05, 4.69) is 10.6 Å². The molecule has 1 heterocycles. The van der Waals surface area contributed by atoms with Crippen molar-refractivity contribution in [2.45, 2.75) is 96.2 Å². The second-order valence-corrected chi connectivity index (χ2v) is 12.8. The Hall–Kier alpha value is -5.05. The van der Waals surface area contributed by atoms with Crippen LogP contribution in [0.4, 0.5) is 9.18 Å². The molecular weight excluding hydrogens is 659 g/mol. The first-order valence-electron chi connectivity index (χ1n) is 15.9. The lowest BCUT2D eigenvalue weighted by molar-refractivity contribution is -0.239.